The second-order valence-electron chi connectivity index (χ2n) is 6.40. The molecule has 0 spiro atoms. The summed E-state index contributed by atoms with van der Waals surface area (Å²) in [5, 5.41) is 0. The van der Waals surface area contributed by atoms with Gasteiger partial charge in [0.05, 0.1) is 0 Å². The highest BCUT2D eigenvalue weighted by Gasteiger charge is 2.35. The van der Waals surface area contributed by atoms with Crippen LogP contribution in [0.25, 0.3) is 0 Å². The Morgan fingerprint density at radius 2 is 1.92 bits per heavy atom. The first-order valence-corrected chi connectivity index (χ1v) is 8.63. The van der Waals surface area contributed by atoms with E-state index in [0.717, 1.165) is 24.0 Å². The summed E-state index contributed by atoms with van der Waals surface area (Å²) in [5.41, 5.74) is 1.76. The van der Waals surface area contributed by atoms with E-state index < -0.39 is 6.04 Å². The van der Waals surface area contributed by atoms with Crippen LogP contribution in [0.5, 0.6) is 0 Å². The van der Waals surface area contributed by atoms with Gasteiger partial charge in [-0.25, -0.2) is 4.98 Å². The fourth-order valence-corrected chi connectivity index (χ4v) is 3.31. The summed E-state index contributed by atoms with van der Waals surface area (Å²) in [7, 11) is 1.72. The Morgan fingerprint density at radius 3 is 2.60 bits per heavy atom. The number of carbonyl (C=O) groups is 2. The van der Waals surface area contributed by atoms with Crippen molar-refractivity contribution in [3.63, 3.8) is 0 Å². The van der Waals surface area contributed by atoms with Crippen molar-refractivity contribution in [1.82, 2.24) is 9.88 Å². The quantitative estimate of drug-likeness (QED) is 0.861. The number of carbonyl (C=O) groups excluding carboxylic acids is 2. The summed E-state index contributed by atoms with van der Waals surface area (Å²) in [4.78, 5) is 33.4. The summed E-state index contributed by atoms with van der Waals surface area (Å²) in [6.45, 7) is 2.54. The summed E-state index contributed by atoms with van der Waals surface area (Å²) in [6, 6.07) is 12.7. The lowest BCUT2D eigenvalue weighted by Crippen LogP contribution is -2.46. The van der Waals surface area contributed by atoms with Gasteiger partial charge in [0.15, 0.2) is 0 Å². The number of anilines is 1. The number of likely N-dealkylation sites (N-methyl/N-ethyl adjacent to an activating group) is 1. The molecule has 0 radical (unpaired) electrons. The van der Waals surface area contributed by atoms with Crippen LogP contribution < -0.4 is 4.90 Å². The van der Waals surface area contributed by atoms with E-state index in [-0.39, 0.29) is 11.8 Å². The maximum absolute atomic E-state index is 13.3. The molecular weight excluding hydrogens is 314 g/mol. The van der Waals surface area contributed by atoms with Crippen LogP contribution >= 0.6 is 0 Å². The molecule has 0 aliphatic carbocycles. The average molecular weight is 337 g/mol. The molecule has 1 unspecified atom stereocenters. The third kappa shape index (κ3) is 3.55. The minimum atomic E-state index is -0.611. The number of hydrogen-bond donors (Lipinski definition) is 0. The number of piperidine rings is 1. The molecule has 2 amide bonds. The highest BCUT2D eigenvalue weighted by molar-refractivity contribution is 5.99. The van der Waals surface area contributed by atoms with Gasteiger partial charge in [0.2, 0.25) is 5.91 Å². The number of hydrogen-bond acceptors (Lipinski definition) is 3. The number of nitrogens with zero attached hydrogens (tertiary/aromatic N) is 3. The summed E-state index contributed by atoms with van der Waals surface area (Å²) >= 11 is 0. The maximum atomic E-state index is 13.3. The molecule has 0 bridgehead atoms. The van der Waals surface area contributed by atoms with Gasteiger partial charge in [0.25, 0.3) is 5.91 Å². The van der Waals surface area contributed by atoms with Gasteiger partial charge in [-0.05, 0) is 37.0 Å². The van der Waals surface area contributed by atoms with E-state index >= 15 is 0 Å². The normalized spacial score (nSPS) is 15.8. The van der Waals surface area contributed by atoms with Gasteiger partial charge in [-0.3, -0.25) is 14.5 Å². The van der Waals surface area contributed by atoms with E-state index in [1.807, 2.05) is 49.4 Å². The zero-order valence-corrected chi connectivity index (χ0v) is 14.7. The summed E-state index contributed by atoms with van der Waals surface area (Å²) < 4.78 is 0. The first-order valence-electron chi connectivity index (χ1n) is 8.63. The SMILES string of the molecule is Cc1cccnc1N(C)C(=O)C(c1ccccc1)N1CCCCC1=O. The molecule has 5 heteroatoms. The van der Waals surface area contributed by atoms with E-state index in [0.29, 0.717) is 18.8 Å². The number of aromatic nitrogens is 1. The van der Waals surface area contributed by atoms with E-state index in [9.17, 15) is 9.59 Å². The number of rotatable bonds is 4. The van der Waals surface area contributed by atoms with Crippen molar-refractivity contribution in [2.75, 3.05) is 18.5 Å². The van der Waals surface area contributed by atoms with Crippen LogP contribution in [0.3, 0.4) is 0 Å². The van der Waals surface area contributed by atoms with Gasteiger partial charge in [-0.1, -0.05) is 36.4 Å². The molecule has 1 saturated heterocycles. The van der Waals surface area contributed by atoms with Crippen LogP contribution in [0.1, 0.15) is 36.4 Å². The molecule has 1 aromatic carbocycles. The van der Waals surface area contributed by atoms with Gasteiger partial charge >= 0.3 is 0 Å². The van der Waals surface area contributed by atoms with Crippen molar-refractivity contribution in [2.24, 2.45) is 0 Å². The number of likely N-dealkylation sites (tertiary alicyclic amines) is 1. The van der Waals surface area contributed by atoms with E-state index in [1.165, 1.54) is 0 Å². The lowest BCUT2D eigenvalue weighted by atomic mass is 10.00. The number of benzene rings is 1. The number of pyridine rings is 1. The Balaban J connectivity index is 1.97. The van der Waals surface area contributed by atoms with Crippen LogP contribution in [0.15, 0.2) is 48.7 Å². The second kappa shape index (κ2) is 7.47. The molecule has 25 heavy (non-hydrogen) atoms. The van der Waals surface area contributed by atoms with E-state index in [2.05, 4.69) is 4.98 Å². The molecular formula is C20H23N3O2. The molecule has 130 valence electrons. The molecule has 5 nitrogen and oxygen atoms in total. The molecule has 1 aliphatic heterocycles. The average Bonchev–Trinajstić information content (AvgIpc) is 2.64. The third-order valence-corrected chi connectivity index (χ3v) is 4.65. The van der Waals surface area contributed by atoms with Gasteiger partial charge in [0.1, 0.15) is 11.9 Å². The molecule has 2 heterocycles. The van der Waals surface area contributed by atoms with Crippen LogP contribution in [0.4, 0.5) is 5.82 Å². The lowest BCUT2D eigenvalue weighted by Gasteiger charge is -2.36. The van der Waals surface area contributed by atoms with Crippen molar-refractivity contribution in [3.05, 3.63) is 59.8 Å². The fraction of sp³-hybridized carbons (Fsp3) is 0.350. The van der Waals surface area contributed by atoms with Crippen LogP contribution in [-0.4, -0.2) is 35.3 Å². The third-order valence-electron chi connectivity index (χ3n) is 4.65. The molecule has 1 fully saturated rings. The van der Waals surface area contributed by atoms with Crippen molar-refractivity contribution >= 4 is 17.6 Å². The Labute approximate surface area is 148 Å². The smallest absolute Gasteiger partial charge is 0.255 e. The van der Waals surface area contributed by atoms with Crippen molar-refractivity contribution in [2.45, 2.75) is 32.2 Å². The van der Waals surface area contributed by atoms with Gasteiger partial charge < -0.3 is 4.90 Å². The highest BCUT2D eigenvalue weighted by Crippen LogP contribution is 2.29. The van der Waals surface area contributed by atoms with Gasteiger partial charge in [-0.15, -0.1) is 0 Å². The standard InChI is InChI=1S/C20H23N3O2/c1-15-9-8-13-21-19(15)22(2)20(25)18(16-10-4-3-5-11-16)23-14-7-6-12-17(23)24/h3-5,8-11,13,18H,6-7,12,14H2,1-2H3. The molecule has 1 aliphatic rings. The molecule has 1 atom stereocenters. The van der Waals surface area contributed by atoms with Crippen molar-refractivity contribution < 1.29 is 9.59 Å². The summed E-state index contributed by atoms with van der Waals surface area (Å²) in [5.74, 6) is 0.528. The fourth-order valence-electron chi connectivity index (χ4n) is 3.31. The second-order valence-corrected chi connectivity index (χ2v) is 6.40. The first-order chi connectivity index (χ1) is 12.1. The molecule has 1 aromatic heterocycles. The summed E-state index contributed by atoms with van der Waals surface area (Å²) in [6.07, 6.45) is 3.99. The highest BCUT2D eigenvalue weighted by atomic mass is 16.2. The topological polar surface area (TPSA) is 53.5 Å². The van der Waals surface area contributed by atoms with Gasteiger partial charge in [0, 0.05) is 26.2 Å². The van der Waals surface area contributed by atoms with Crippen molar-refractivity contribution in [3.8, 4) is 0 Å². The lowest BCUT2D eigenvalue weighted by molar-refractivity contribution is -0.141. The monoisotopic (exact) mass is 337 g/mol. The van der Waals surface area contributed by atoms with Crippen LogP contribution in [0.2, 0.25) is 0 Å². The predicted octanol–water partition coefficient (Wildman–Crippen LogP) is 3.11. The molecule has 2 aromatic rings. The molecule has 0 N–H and O–H groups in total. The Bertz CT molecular complexity index is 761. The van der Waals surface area contributed by atoms with Gasteiger partial charge in [-0.2, -0.15) is 0 Å². The zero-order valence-electron chi connectivity index (χ0n) is 14.7. The zero-order chi connectivity index (χ0) is 17.8. The Kier molecular flexibility index (Phi) is 5.12. The number of aryl methyl sites for hydroxylation is 1. The minimum Gasteiger partial charge on any atom is -0.327 e. The predicted molar refractivity (Wildman–Crippen MR) is 97.1 cm³/mol. The van der Waals surface area contributed by atoms with Crippen LogP contribution in [-0.2, 0) is 9.59 Å². The largest absolute Gasteiger partial charge is 0.327 e. The van der Waals surface area contributed by atoms with Crippen LogP contribution in [0, 0.1) is 6.92 Å². The molecule has 3 rings (SSSR count). The van der Waals surface area contributed by atoms with Crippen molar-refractivity contribution in [1.29, 1.82) is 0 Å². The van der Waals surface area contributed by atoms with E-state index in [4.69, 9.17) is 0 Å². The Hall–Kier alpha value is -2.69. The number of amides is 2. The van der Waals surface area contributed by atoms with E-state index in [1.54, 1.807) is 23.0 Å². The maximum Gasteiger partial charge on any atom is 0.255 e. The first kappa shape index (κ1) is 17.1. The Morgan fingerprint density at radius 1 is 1.16 bits per heavy atom. The minimum absolute atomic E-state index is 0.0413. The molecule has 0 saturated carbocycles.